The second kappa shape index (κ2) is 10.3. The average Bonchev–Trinajstić information content (AvgIpc) is 2.75. The van der Waals surface area contributed by atoms with Gasteiger partial charge >= 0.3 is 0 Å². The first-order valence-corrected chi connectivity index (χ1v) is 10.5. The molecule has 0 aliphatic heterocycles. The second-order valence-corrected chi connectivity index (χ2v) is 7.74. The van der Waals surface area contributed by atoms with Crippen molar-refractivity contribution in [2.75, 3.05) is 17.2 Å². The molecule has 29 heavy (non-hydrogen) atoms. The van der Waals surface area contributed by atoms with Gasteiger partial charge in [-0.1, -0.05) is 49.9 Å². The van der Waals surface area contributed by atoms with Crippen LogP contribution in [0.1, 0.15) is 56.9 Å². The Morgan fingerprint density at radius 3 is 2.41 bits per heavy atom. The standard InChI is InChI=1S/C23H27ClN2O3/c1-2-22(27)25-18-10-13-20(24)21(14-18)26-23(28)15-29-19-11-8-17(9-12-19)16-6-4-3-5-7-16/h8-14,16H,2-7,15H2,1H3,(H,25,27)(H,26,28). The fourth-order valence-electron chi connectivity index (χ4n) is 3.56. The zero-order chi connectivity index (χ0) is 20.6. The van der Waals surface area contributed by atoms with Crippen LogP contribution in [0.4, 0.5) is 11.4 Å². The highest BCUT2D eigenvalue weighted by atomic mass is 35.5. The Hall–Kier alpha value is -2.53. The Bertz CT molecular complexity index is 846. The zero-order valence-corrected chi connectivity index (χ0v) is 17.4. The number of carbonyl (C=O) groups excluding carboxylic acids is 2. The number of anilines is 2. The Balaban J connectivity index is 1.53. The van der Waals surface area contributed by atoms with E-state index in [0.29, 0.717) is 34.5 Å². The Kier molecular flexibility index (Phi) is 7.53. The van der Waals surface area contributed by atoms with E-state index in [4.69, 9.17) is 16.3 Å². The van der Waals surface area contributed by atoms with Crippen LogP contribution in [0.5, 0.6) is 5.75 Å². The summed E-state index contributed by atoms with van der Waals surface area (Å²) in [4.78, 5) is 23.8. The van der Waals surface area contributed by atoms with Gasteiger partial charge in [0.25, 0.3) is 5.91 Å². The molecule has 0 unspecified atom stereocenters. The summed E-state index contributed by atoms with van der Waals surface area (Å²) in [5.41, 5.74) is 2.36. The Morgan fingerprint density at radius 2 is 1.72 bits per heavy atom. The lowest BCUT2D eigenvalue weighted by atomic mass is 9.84. The second-order valence-electron chi connectivity index (χ2n) is 7.34. The van der Waals surface area contributed by atoms with Crippen LogP contribution in [-0.4, -0.2) is 18.4 Å². The first-order chi connectivity index (χ1) is 14.0. The molecule has 0 bridgehead atoms. The van der Waals surface area contributed by atoms with Crippen molar-refractivity contribution >= 4 is 34.8 Å². The smallest absolute Gasteiger partial charge is 0.262 e. The molecule has 154 valence electrons. The normalized spacial score (nSPS) is 14.3. The van der Waals surface area contributed by atoms with Crippen LogP contribution in [0.2, 0.25) is 5.02 Å². The van der Waals surface area contributed by atoms with Crippen LogP contribution < -0.4 is 15.4 Å². The van der Waals surface area contributed by atoms with E-state index in [0.717, 1.165) is 0 Å². The van der Waals surface area contributed by atoms with E-state index in [9.17, 15) is 9.59 Å². The Labute approximate surface area is 176 Å². The third kappa shape index (κ3) is 6.23. The van der Waals surface area contributed by atoms with Crippen molar-refractivity contribution in [3.05, 3.63) is 53.1 Å². The Morgan fingerprint density at radius 1 is 1.00 bits per heavy atom. The van der Waals surface area contributed by atoms with Crippen LogP contribution in [0.25, 0.3) is 0 Å². The zero-order valence-electron chi connectivity index (χ0n) is 16.7. The highest BCUT2D eigenvalue weighted by molar-refractivity contribution is 6.33. The van der Waals surface area contributed by atoms with Gasteiger partial charge in [0.05, 0.1) is 10.7 Å². The maximum atomic E-state index is 12.3. The van der Waals surface area contributed by atoms with Crippen molar-refractivity contribution < 1.29 is 14.3 Å². The molecular weight excluding hydrogens is 388 g/mol. The number of hydrogen-bond donors (Lipinski definition) is 2. The molecular formula is C23H27ClN2O3. The topological polar surface area (TPSA) is 67.4 Å². The van der Waals surface area contributed by atoms with E-state index < -0.39 is 0 Å². The van der Waals surface area contributed by atoms with Gasteiger partial charge in [-0.2, -0.15) is 0 Å². The van der Waals surface area contributed by atoms with Crippen LogP contribution in [0, 0.1) is 0 Å². The van der Waals surface area contributed by atoms with Crippen LogP contribution in [0.15, 0.2) is 42.5 Å². The number of benzene rings is 2. The summed E-state index contributed by atoms with van der Waals surface area (Å²) in [6, 6.07) is 13.0. The third-order valence-corrected chi connectivity index (χ3v) is 5.50. The molecule has 2 amide bonds. The summed E-state index contributed by atoms with van der Waals surface area (Å²) in [6.45, 7) is 1.65. The maximum Gasteiger partial charge on any atom is 0.262 e. The molecule has 0 saturated heterocycles. The number of ether oxygens (including phenoxy) is 1. The van der Waals surface area contributed by atoms with Crippen LogP contribution >= 0.6 is 11.6 Å². The lowest BCUT2D eigenvalue weighted by molar-refractivity contribution is -0.118. The average molecular weight is 415 g/mol. The van der Waals surface area contributed by atoms with Crippen LogP contribution in [-0.2, 0) is 9.59 Å². The summed E-state index contributed by atoms with van der Waals surface area (Å²) >= 11 is 6.15. The SMILES string of the molecule is CCC(=O)Nc1ccc(Cl)c(NC(=O)COc2ccc(C3CCCCC3)cc2)c1. The lowest BCUT2D eigenvalue weighted by Crippen LogP contribution is -2.20. The molecule has 2 N–H and O–H groups in total. The van der Waals surface area contributed by atoms with E-state index in [1.165, 1.54) is 37.7 Å². The molecule has 6 heteroatoms. The van der Waals surface area contributed by atoms with E-state index in [2.05, 4.69) is 22.8 Å². The van der Waals surface area contributed by atoms with Crippen molar-refractivity contribution in [2.24, 2.45) is 0 Å². The molecule has 3 rings (SSSR count). The van der Waals surface area contributed by atoms with Crippen LogP contribution in [0.3, 0.4) is 0 Å². The highest BCUT2D eigenvalue weighted by Crippen LogP contribution is 2.33. The van der Waals surface area contributed by atoms with Crippen molar-refractivity contribution in [2.45, 2.75) is 51.4 Å². The number of amides is 2. The minimum Gasteiger partial charge on any atom is -0.484 e. The first-order valence-electron chi connectivity index (χ1n) is 10.2. The van der Waals surface area contributed by atoms with Crippen molar-refractivity contribution in [3.63, 3.8) is 0 Å². The van der Waals surface area contributed by atoms with Crippen molar-refractivity contribution in [1.29, 1.82) is 0 Å². The highest BCUT2D eigenvalue weighted by Gasteiger charge is 2.15. The molecule has 0 radical (unpaired) electrons. The molecule has 0 heterocycles. The fraction of sp³-hybridized carbons (Fsp3) is 0.391. The molecule has 1 saturated carbocycles. The monoisotopic (exact) mass is 414 g/mol. The van der Waals surface area contributed by atoms with Gasteiger partial charge in [0.1, 0.15) is 5.75 Å². The summed E-state index contributed by atoms with van der Waals surface area (Å²) in [5.74, 6) is 0.880. The largest absolute Gasteiger partial charge is 0.484 e. The number of carbonyl (C=O) groups is 2. The summed E-state index contributed by atoms with van der Waals surface area (Å²) < 4.78 is 5.61. The van der Waals surface area contributed by atoms with Gasteiger partial charge in [-0.3, -0.25) is 9.59 Å². The molecule has 0 atom stereocenters. The van der Waals surface area contributed by atoms with Crippen molar-refractivity contribution in [1.82, 2.24) is 0 Å². The van der Waals surface area contributed by atoms with Gasteiger partial charge in [0.2, 0.25) is 5.91 Å². The fourth-order valence-corrected chi connectivity index (χ4v) is 3.72. The molecule has 0 spiro atoms. The lowest BCUT2D eigenvalue weighted by Gasteiger charge is -2.22. The minimum atomic E-state index is -0.317. The quantitative estimate of drug-likeness (QED) is 0.605. The van der Waals surface area contributed by atoms with Gasteiger partial charge in [-0.25, -0.2) is 0 Å². The van der Waals surface area contributed by atoms with E-state index >= 15 is 0 Å². The van der Waals surface area contributed by atoms with Gasteiger partial charge in [-0.05, 0) is 54.7 Å². The van der Waals surface area contributed by atoms with Gasteiger partial charge in [-0.15, -0.1) is 0 Å². The predicted molar refractivity (Wildman–Crippen MR) is 117 cm³/mol. The molecule has 1 fully saturated rings. The predicted octanol–water partition coefficient (Wildman–Crippen LogP) is 5.75. The molecule has 0 aromatic heterocycles. The molecule has 2 aromatic rings. The number of nitrogens with one attached hydrogen (secondary N) is 2. The minimum absolute atomic E-state index is 0.107. The number of hydrogen-bond acceptors (Lipinski definition) is 3. The summed E-state index contributed by atoms with van der Waals surface area (Å²) in [5, 5.41) is 5.86. The molecule has 1 aliphatic carbocycles. The van der Waals surface area contributed by atoms with Gasteiger partial charge < -0.3 is 15.4 Å². The molecule has 5 nitrogen and oxygen atoms in total. The van der Waals surface area contributed by atoms with Gasteiger partial charge in [0, 0.05) is 12.1 Å². The van der Waals surface area contributed by atoms with E-state index in [1.54, 1.807) is 25.1 Å². The summed E-state index contributed by atoms with van der Waals surface area (Å²) in [6.07, 6.45) is 6.81. The summed E-state index contributed by atoms with van der Waals surface area (Å²) in [7, 11) is 0. The van der Waals surface area contributed by atoms with Crippen molar-refractivity contribution in [3.8, 4) is 5.75 Å². The number of rotatable bonds is 7. The van der Waals surface area contributed by atoms with Gasteiger partial charge in [0.15, 0.2) is 6.61 Å². The number of halogens is 1. The first kappa shape index (κ1) is 21.2. The maximum absolute atomic E-state index is 12.3. The molecule has 1 aliphatic rings. The molecule has 2 aromatic carbocycles. The van der Waals surface area contributed by atoms with E-state index in [-0.39, 0.29) is 18.4 Å². The third-order valence-electron chi connectivity index (χ3n) is 5.17. The van der Waals surface area contributed by atoms with E-state index in [1.807, 2.05) is 12.1 Å².